The maximum atomic E-state index is 12.4. The molecule has 1 aromatic carbocycles. The Morgan fingerprint density at radius 1 is 1.35 bits per heavy atom. The van der Waals surface area contributed by atoms with Crippen molar-refractivity contribution < 1.29 is 4.79 Å². The minimum atomic E-state index is 0.224. The highest BCUT2D eigenvalue weighted by Crippen LogP contribution is 2.31. The summed E-state index contributed by atoms with van der Waals surface area (Å²) in [7, 11) is 0. The van der Waals surface area contributed by atoms with Gasteiger partial charge in [0.1, 0.15) is 0 Å². The second kappa shape index (κ2) is 4.91. The lowest BCUT2D eigenvalue weighted by Gasteiger charge is -2.25. The summed E-state index contributed by atoms with van der Waals surface area (Å²) in [6.07, 6.45) is 4.55. The molecule has 1 aliphatic rings. The van der Waals surface area contributed by atoms with Crippen LogP contribution in [0.2, 0.25) is 0 Å². The van der Waals surface area contributed by atoms with Crippen LogP contribution in [-0.2, 0) is 0 Å². The van der Waals surface area contributed by atoms with Crippen molar-refractivity contribution in [3.63, 3.8) is 0 Å². The normalized spacial score (nSPS) is 24.6. The molecular formula is C15H21NO. The summed E-state index contributed by atoms with van der Waals surface area (Å²) < 4.78 is 0. The molecule has 0 aliphatic heterocycles. The fraction of sp³-hybridized carbons (Fsp3) is 0.533. The van der Waals surface area contributed by atoms with Crippen LogP contribution in [0.15, 0.2) is 18.2 Å². The Balaban J connectivity index is 2.15. The maximum absolute atomic E-state index is 12.4. The van der Waals surface area contributed by atoms with Crippen LogP contribution in [0.4, 0.5) is 5.69 Å². The molecule has 2 unspecified atom stereocenters. The molecule has 17 heavy (non-hydrogen) atoms. The van der Waals surface area contributed by atoms with E-state index in [1.54, 1.807) is 0 Å². The molecule has 1 fully saturated rings. The number of hydrogen-bond donors (Lipinski definition) is 1. The summed E-state index contributed by atoms with van der Waals surface area (Å²) in [6, 6.07) is 5.63. The molecule has 0 bridgehead atoms. The third-order valence-electron chi connectivity index (χ3n) is 3.86. The van der Waals surface area contributed by atoms with E-state index in [1.165, 1.54) is 12.8 Å². The Bertz CT molecular complexity index is 425. The zero-order valence-electron chi connectivity index (χ0n) is 10.7. The lowest BCUT2D eigenvalue weighted by molar-refractivity contribution is 0.0868. The summed E-state index contributed by atoms with van der Waals surface area (Å²) in [4.78, 5) is 12.4. The number of carbonyl (C=O) groups excluding carboxylic acids is 1. The molecule has 0 saturated heterocycles. The molecule has 2 atom stereocenters. The minimum Gasteiger partial charge on any atom is -0.399 e. The number of nitrogens with two attached hydrogens (primary N) is 1. The fourth-order valence-electron chi connectivity index (χ4n) is 2.74. The molecule has 0 radical (unpaired) electrons. The number of Topliss-reactive ketones (excluding diaryl/α,β-unsaturated/α-hetero) is 1. The van der Waals surface area contributed by atoms with Gasteiger partial charge in [-0.1, -0.05) is 19.8 Å². The highest BCUT2D eigenvalue weighted by molar-refractivity contribution is 5.98. The summed E-state index contributed by atoms with van der Waals surface area (Å²) in [5.74, 6) is 1.22. The fourth-order valence-corrected chi connectivity index (χ4v) is 2.74. The maximum Gasteiger partial charge on any atom is 0.165 e. The highest BCUT2D eigenvalue weighted by atomic mass is 16.1. The third kappa shape index (κ3) is 2.68. The average molecular weight is 231 g/mol. The van der Waals surface area contributed by atoms with Crippen LogP contribution in [0.25, 0.3) is 0 Å². The lowest BCUT2D eigenvalue weighted by Crippen LogP contribution is -2.22. The topological polar surface area (TPSA) is 43.1 Å². The molecular weight excluding hydrogens is 210 g/mol. The second-order valence-corrected chi connectivity index (χ2v) is 5.40. The predicted octanol–water partition coefficient (Wildman–Crippen LogP) is 3.59. The Morgan fingerprint density at radius 3 is 2.76 bits per heavy atom. The number of benzene rings is 1. The first kappa shape index (κ1) is 12.2. The van der Waals surface area contributed by atoms with Crippen LogP contribution in [-0.4, -0.2) is 5.78 Å². The third-order valence-corrected chi connectivity index (χ3v) is 3.86. The number of nitrogen functional groups attached to an aromatic ring is 1. The van der Waals surface area contributed by atoms with Gasteiger partial charge < -0.3 is 5.73 Å². The van der Waals surface area contributed by atoms with Crippen LogP contribution in [0.3, 0.4) is 0 Å². The molecule has 0 aromatic heterocycles. The summed E-state index contributed by atoms with van der Waals surface area (Å²) in [6.45, 7) is 4.20. The van der Waals surface area contributed by atoms with Crippen molar-refractivity contribution in [2.24, 2.45) is 11.8 Å². The van der Waals surface area contributed by atoms with E-state index in [4.69, 9.17) is 5.73 Å². The van der Waals surface area contributed by atoms with E-state index < -0.39 is 0 Å². The standard InChI is InChI=1S/C15H21NO/c1-10-4-3-5-12(8-10)15(17)13-6-7-14(16)11(2)9-13/h6-7,9-10,12H,3-5,8,16H2,1-2H3. The van der Waals surface area contributed by atoms with E-state index >= 15 is 0 Å². The first-order valence-corrected chi connectivity index (χ1v) is 6.48. The van der Waals surface area contributed by atoms with Crippen molar-refractivity contribution in [3.8, 4) is 0 Å². The molecule has 1 aromatic rings. The quantitative estimate of drug-likeness (QED) is 0.624. The largest absolute Gasteiger partial charge is 0.399 e. The molecule has 0 spiro atoms. The number of ketones is 1. The van der Waals surface area contributed by atoms with Gasteiger partial charge in [-0.15, -0.1) is 0 Å². The Labute approximate surface area is 103 Å². The van der Waals surface area contributed by atoms with Gasteiger partial charge in [0, 0.05) is 17.2 Å². The zero-order chi connectivity index (χ0) is 12.4. The number of aryl methyl sites for hydroxylation is 1. The van der Waals surface area contributed by atoms with Gasteiger partial charge in [-0.2, -0.15) is 0 Å². The number of rotatable bonds is 2. The van der Waals surface area contributed by atoms with E-state index in [2.05, 4.69) is 6.92 Å². The Kier molecular flexibility index (Phi) is 3.51. The van der Waals surface area contributed by atoms with Crippen molar-refractivity contribution in [2.45, 2.75) is 39.5 Å². The molecule has 2 rings (SSSR count). The van der Waals surface area contributed by atoms with Gasteiger partial charge in [-0.25, -0.2) is 0 Å². The number of anilines is 1. The molecule has 0 heterocycles. The number of carbonyl (C=O) groups is 1. The van der Waals surface area contributed by atoms with Gasteiger partial charge in [0.05, 0.1) is 0 Å². The van der Waals surface area contributed by atoms with E-state index in [1.807, 2.05) is 25.1 Å². The smallest absolute Gasteiger partial charge is 0.165 e. The van der Waals surface area contributed by atoms with Crippen LogP contribution in [0.1, 0.15) is 48.5 Å². The van der Waals surface area contributed by atoms with Crippen molar-refractivity contribution >= 4 is 11.5 Å². The molecule has 2 heteroatoms. The van der Waals surface area contributed by atoms with Gasteiger partial charge in [-0.05, 0) is 49.4 Å². The van der Waals surface area contributed by atoms with Crippen LogP contribution in [0, 0.1) is 18.8 Å². The van der Waals surface area contributed by atoms with Gasteiger partial charge >= 0.3 is 0 Å². The first-order chi connectivity index (χ1) is 8.08. The van der Waals surface area contributed by atoms with Crippen LogP contribution in [0.5, 0.6) is 0 Å². The summed E-state index contributed by atoms with van der Waals surface area (Å²) >= 11 is 0. The highest BCUT2D eigenvalue weighted by Gasteiger charge is 2.25. The zero-order valence-corrected chi connectivity index (χ0v) is 10.7. The SMILES string of the molecule is Cc1cc(C(=O)C2CCCC(C)C2)ccc1N. The molecule has 92 valence electrons. The summed E-state index contributed by atoms with van der Waals surface area (Å²) in [5.41, 5.74) is 8.37. The van der Waals surface area contributed by atoms with Crippen molar-refractivity contribution in [1.29, 1.82) is 0 Å². The van der Waals surface area contributed by atoms with E-state index in [9.17, 15) is 4.79 Å². The first-order valence-electron chi connectivity index (χ1n) is 6.48. The number of hydrogen-bond acceptors (Lipinski definition) is 2. The van der Waals surface area contributed by atoms with Gasteiger partial charge in [0.25, 0.3) is 0 Å². The lowest BCUT2D eigenvalue weighted by atomic mass is 9.78. The molecule has 1 aliphatic carbocycles. The summed E-state index contributed by atoms with van der Waals surface area (Å²) in [5, 5.41) is 0. The predicted molar refractivity (Wildman–Crippen MR) is 71.0 cm³/mol. The molecule has 2 N–H and O–H groups in total. The van der Waals surface area contributed by atoms with Crippen LogP contribution < -0.4 is 5.73 Å². The van der Waals surface area contributed by atoms with E-state index in [-0.39, 0.29) is 5.92 Å². The molecule has 0 amide bonds. The second-order valence-electron chi connectivity index (χ2n) is 5.40. The van der Waals surface area contributed by atoms with Crippen molar-refractivity contribution in [1.82, 2.24) is 0 Å². The Hall–Kier alpha value is -1.31. The van der Waals surface area contributed by atoms with Gasteiger partial charge in [0.15, 0.2) is 5.78 Å². The minimum absolute atomic E-state index is 0.224. The van der Waals surface area contributed by atoms with Crippen LogP contribution >= 0.6 is 0 Å². The Morgan fingerprint density at radius 2 is 2.12 bits per heavy atom. The van der Waals surface area contributed by atoms with E-state index in [0.29, 0.717) is 11.7 Å². The van der Waals surface area contributed by atoms with Gasteiger partial charge in [-0.3, -0.25) is 4.79 Å². The molecule has 1 saturated carbocycles. The van der Waals surface area contributed by atoms with E-state index in [0.717, 1.165) is 29.7 Å². The van der Waals surface area contributed by atoms with Crippen molar-refractivity contribution in [3.05, 3.63) is 29.3 Å². The molecule has 2 nitrogen and oxygen atoms in total. The monoisotopic (exact) mass is 231 g/mol. The average Bonchev–Trinajstić information content (AvgIpc) is 2.32. The van der Waals surface area contributed by atoms with Gasteiger partial charge in [0.2, 0.25) is 0 Å². The van der Waals surface area contributed by atoms with Crippen molar-refractivity contribution in [2.75, 3.05) is 5.73 Å².